The van der Waals surface area contributed by atoms with Crippen LogP contribution in [0.5, 0.6) is 5.75 Å². The number of hydrogen-bond donors (Lipinski definition) is 1. The lowest BCUT2D eigenvalue weighted by atomic mass is 10.1. The van der Waals surface area contributed by atoms with Crippen LogP contribution in [0.4, 0.5) is 5.95 Å². The van der Waals surface area contributed by atoms with Crippen LogP contribution in [0.3, 0.4) is 0 Å². The van der Waals surface area contributed by atoms with Crippen molar-refractivity contribution in [3.63, 3.8) is 0 Å². The van der Waals surface area contributed by atoms with E-state index < -0.39 is 5.97 Å². The summed E-state index contributed by atoms with van der Waals surface area (Å²) < 4.78 is 12.4. The molecule has 0 saturated heterocycles. The molecular weight excluding hydrogens is 258 g/mol. The summed E-state index contributed by atoms with van der Waals surface area (Å²) in [7, 11) is 1.34. The molecule has 1 aliphatic heterocycles. The van der Waals surface area contributed by atoms with Crippen molar-refractivity contribution in [3.05, 3.63) is 30.4 Å². The molecule has 104 valence electrons. The van der Waals surface area contributed by atoms with E-state index in [1.807, 2.05) is 10.6 Å². The molecule has 1 atom stereocenters. The highest BCUT2D eigenvalue weighted by Gasteiger charge is 2.26. The first-order valence-corrected chi connectivity index (χ1v) is 6.29. The zero-order valence-electron chi connectivity index (χ0n) is 11.1. The summed E-state index contributed by atoms with van der Waals surface area (Å²) >= 11 is 0. The van der Waals surface area contributed by atoms with Gasteiger partial charge >= 0.3 is 5.97 Å². The number of nitrogen functional groups attached to an aromatic ring is 1. The Labute approximate surface area is 115 Å². The summed E-state index contributed by atoms with van der Waals surface area (Å²) in [5, 5.41) is 0. The molecule has 0 spiro atoms. The summed E-state index contributed by atoms with van der Waals surface area (Å²) in [6.45, 7) is 4.22. The summed E-state index contributed by atoms with van der Waals surface area (Å²) in [5.41, 5.74) is 7.84. The van der Waals surface area contributed by atoms with Gasteiger partial charge in [0, 0.05) is 0 Å². The highest BCUT2D eigenvalue weighted by Crippen LogP contribution is 2.37. The van der Waals surface area contributed by atoms with Crippen LogP contribution in [-0.2, 0) is 4.74 Å². The first-order chi connectivity index (χ1) is 9.65. The van der Waals surface area contributed by atoms with E-state index in [-0.39, 0.29) is 6.04 Å². The van der Waals surface area contributed by atoms with E-state index in [4.69, 9.17) is 15.2 Å². The van der Waals surface area contributed by atoms with Gasteiger partial charge in [-0.3, -0.25) is 0 Å². The summed E-state index contributed by atoms with van der Waals surface area (Å²) in [6.07, 6.45) is 2.57. The Balaban J connectivity index is 2.22. The quantitative estimate of drug-likeness (QED) is 0.682. The average molecular weight is 273 g/mol. The Morgan fingerprint density at radius 1 is 1.70 bits per heavy atom. The first kappa shape index (κ1) is 12.5. The molecule has 3 rings (SSSR count). The highest BCUT2D eigenvalue weighted by molar-refractivity contribution is 5.97. The predicted octanol–water partition coefficient (Wildman–Crippen LogP) is 1.91. The molecule has 6 heteroatoms. The molecule has 20 heavy (non-hydrogen) atoms. The third-order valence-electron chi connectivity index (χ3n) is 3.43. The molecule has 1 aromatic carbocycles. The van der Waals surface area contributed by atoms with Gasteiger partial charge in [0.05, 0.1) is 24.2 Å². The lowest BCUT2D eigenvalue weighted by Gasteiger charge is -2.25. The number of rotatable bonds is 3. The number of hydrogen-bond acceptors (Lipinski definition) is 5. The molecule has 2 N–H and O–H groups in total. The molecule has 2 aromatic rings. The van der Waals surface area contributed by atoms with Crippen molar-refractivity contribution >= 4 is 23.0 Å². The van der Waals surface area contributed by atoms with Crippen molar-refractivity contribution in [2.24, 2.45) is 0 Å². The average Bonchev–Trinajstić information content (AvgIpc) is 2.79. The Morgan fingerprint density at radius 2 is 2.50 bits per heavy atom. The zero-order valence-corrected chi connectivity index (χ0v) is 11.1. The van der Waals surface area contributed by atoms with Gasteiger partial charge in [0.1, 0.15) is 17.9 Å². The minimum atomic E-state index is -0.423. The SMILES string of the molecule is C=CC[C@H]1COc2cc(C(=O)OC)cc3nc(N)n1c23. The topological polar surface area (TPSA) is 79.4 Å². The van der Waals surface area contributed by atoms with Crippen LogP contribution >= 0.6 is 0 Å². The molecule has 0 saturated carbocycles. The van der Waals surface area contributed by atoms with Crippen molar-refractivity contribution in [1.82, 2.24) is 9.55 Å². The first-order valence-electron chi connectivity index (χ1n) is 6.29. The molecular formula is C14H15N3O3. The second kappa shape index (κ2) is 4.56. The maximum atomic E-state index is 11.6. The minimum Gasteiger partial charge on any atom is -0.489 e. The number of aromatic nitrogens is 2. The fourth-order valence-electron chi connectivity index (χ4n) is 2.55. The number of esters is 1. The normalized spacial score (nSPS) is 16.8. The van der Waals surface area contributed by atoms with Crippen LogP contribution in [0, 0.1) is 0 Å². The number of nitrogens with two attached hydrogens (primary N) is 1. The second-order valence-electron chi connectivity index (χ2n) is 4.66. The number of carbonyl (C=O) groups is 1. The van der Waals surface area contributed by atoms with Gasteiger partial charge < -0.3 is 19.8 Å². The Bertz CT molecular complexity index is 705. The van der Waals surface area contributed by atoms with Gasteiger partial charge in [-0.15, -0.1) is 6.58 Å². The number of nitrogens with zero attached hydrogens (tertiary/aromatic N) is 2. The molecule has 0 amide bonds. The molecule has 0 unspecified atom stereocenters. The maximum absolute atomic E-state index is 11.6. The zero-order chi connectivity index (χ0) is 14.3. The third kappa shape index (κ3) is 1.72. The van der Waals surface area contributed by atoms with E-state index in [0.717, 1.165) is 11.9 Å². The van der Waals surface area contributed by atoms with Crippen LogP contribution in [0.15, 0.2) is 24.8 Å². The highest BCUT2D eigenvalue weighted by atomic mass is 16.5. The van der Waals surface area contributed by atoms with E-state index in [1.54, 1.807) is 12.1 Å². The maximum Gasteiger partial charge on any atom is 0.338 e. The lowest BCUT2D eigenvalue weighted by Crippen LogP contribution is -2.23. The molecule has 1 aliphatic rings. The smallest absolute Gasteiger partial charge is 0.338 e. The molecule has 6 nitrogen and oxygen atoms in total. The van der Waals surface area contributed by atoms with E-state index in [0.29, 0.717) is 29.4 Å². The van der Waals surface area contributed by atoms with Gasteiger partial charge in [-0.2, -0.15) is 0 Å². The van der Waals surface area contributed by atoms with Crippen LogP contribution in [-0.4, -0.2) is 29.2 Å². The molecule has 0 fully saturated rings. The van der Waals surface area contributed by atoms with E-state index in [1.165, 1.54) is 7.11 Å². The number of carbonyl (C=O) groups excluding carboxylic acids is 1. The standard InChI is InChI=1S/C14H15N3O3/c1-3-4-9-7-20-11-6-8(13(18)19-2)5-10-12(11)17(9)14(15)16-10/h3,5-6,9H,1,4,7H2,2H3,(H2,15,16)/t9-/m0/s1. The van der Waals surface area contributed by atoms with Gasteiger partial charge in [-0.1, -0.05) is 6.08 Å². The van der Waals surface area contributed by atoms with E-state index in [2.05, 4.69) is 11.6 Å². The number of ether oxygens (including phenoxy) is 2. The molecule has 0 aliphatic carbocycles. The number of methoxy groups -OCH3 is 1. The van der Waals surface area contributed by atoms with Crippen molar-refractivity contribution < 1.29 is 14.3 Å². The Kier molecular flexibility index (Phi) is 2.85. The van der Waals surface area contributed by atoms with Gasteiger partial charge in [-0.25, -0.2) is 9.78 Å². The fourth-order valence-corrected chi connectivity index (χ4v) is 2.55. The second-order valence-corrected chi connectivity index (χ2v) is 4.66. The monoisotopic (exact) mass is 273 g/mol. The van der Waals surface area contributed by atoms with Crippen molar-refractivity contribution in [3.8, 4) is 5.75 Å². The van der Waals surface area contributed by atoms with Crippen LogP contribution < -0.4 is 10.5 Å². The molecule has 2 heterocycles. The van der Waals surface area contributed by atoms with Crippen molar-refractivity contribution in [1.29, 1.82) is 0 Å². The van der Waals surface area contributed by atoms with Crippen LogP contribution in [0.25, 0.3) is 11.0 Å². The van der Waals surface area contributed by atoms with Gasteiger partial charge in [0.2, 0.25) is 5.95 Å². The predicted molar refractivity (Wildman–Crippen MR) is 74.8 cm³/mol. The largest absolute Gasteiger partial charge is 0.489 e. The molecule has 0 bridgehead atoms. The Morgan fingerprint density at radius 3 is 3.20 bits per heavy atom. The minimum absolute atomic E-state index is 0.0778. The molecule has 0 radical (unpaired) electrons. The lowest BCUT2D eigenvalue weighted by molar-refractivity contribution is 0.0600. The number of imidazole rings is 1. The van der Waals surface area contributed by atoms with Gasteiger partial charge in [0.15, 0.2) is 0 Å². The summed E-state index contributed by atoms with van der Waals surface area (Å²) in [6, 6.07) is 3.40. The molecule has 1 aromatic heterocycles. The van der Waals surface area contributed by atoms with Crippen LogP contribution in [0.1, 0.15) is 22.8 Å². The van der Waals surface area contributed by atoms with E-state index >= 15 is 0 Å². The van der Waals surface area contributed by atoms with Crippen molar-refractivity contribution in [2.75, 3.05) is 19.5 Å². The third-order valence-corrected chi connectivity index (χ3v) is 3.43. The number of benzene rings is 1. The Hall–Kier alpha value is -2.50. The van der Waals surface area contributed by atoms with Gasteiger partial charge in [-0.05, 0) is 18.6 Å². The number of anilines is 1. The van der Waals surface area contributed by atoms with Gasteiger partial charge in [0.25, 0.3) is 0 Å². The van der Waals surface area contributed by atoms with Crippen LogP contribution in [0.2, 0.25) is 0 Å². The van der Waals surface area contributed by atoms with Crippen molar-refractivity contribution in [2.45, 2.75) is 12.5 Å². The summed E-state index contributed by atoms with van der Waals surface area (Å²) in [5.74, 6) is 0.596. The fraction of sp³-hybridized carbons (Fsp3) is 0.286. The summed E-state index contributed by atoms with van der Waals surface area (Å²) in [4.78, 5) is 16.0. The van der Waals surface area contributed by atoms with E-state index in [9.17, 15) is 4.79 Å². The number of allylic oxidation sites excluding steroid dienone is 1.